The topological polar surface area (TPSA) is 42.7 Å². The summed E-state index contributed by atoms with van der Waals surface area (Å²) in [4.78, 5) is 4.48. The lowest BCUT2D eigenvalue weighted by Crippen LogP contribution is -2.35. The zero-order chi connectivity index (χ0) is 14.0. The Balaban J connectivity index is 2.05. The van der Waals surface area contributed by atoms with Gasteiger partial charge in [-0.05, 0) is 34.6 Å². The highest BCUT2D eigenvalue weighted by Gasteiger charge is 2.12. The number of aromatic nitrogens is 3. The molecule has 0 radical (unpaired) electrons. The first-order valence-electron chi connectivity index (χ1n) is 6.52. The SMILES string of the molecule is Cc1nc(Cn2ncc(CNC(C)(C)C)c2C)cs1. The van der Waals surface area contributed by atoms with Gasteiger partial charge in [0, 0.05) is 28.7 Å². The minimum atomic E-state index is 0.126. The van der Waals surface area contributed by atoms with Gasteiger partial charge in [0.2, 0.25) is 0 Å². The number of aryl methyl sites for hydroxylation is 1. The maximum Gasteiger partial charge on any atom is 0.0898 e. The zero-order valence-corrected chi connectivity index (χ0v) is 13.1. The zero-order valence-electron chi connectivity index (χ0n) is 12.3. The van der Waals surface area contributed by atoms with Crippen molar-refractivity contribution < 1.29 is 0 Å². The quantitative estimate of drug-likeness (QED) is 0.935. The first kappa shape index (κ1) is 14.2. The number of thiazole rings is 1. The molecule has 2 heterocycles. The van der Waals surface area contributed by atoms with Gasteiger partial charge in [-0.3, -0.25) is 4.68 Å². The third kappa shape index (κ3) is 3.88. The second-order valence-corrected chi connectivity index (χ2v) is 6.94. The first-order valence-corrected chi connectivity index (χ1v) is 7.40. The largest absolute Gasteiger partial charge is 0.308 e. The monoisotopic (exact) mass is 278 g/mol. The molecule has 0 atom stereocenters. The lowest BCUT2D eigenvalue weighted by molar-refractivity contribution is 0.423. The Labute approximate surface area is 118 Å². The molecule has 0 aromatic carbocycles. The van der Waals surface area contributed by atoms with Gasteiger partial charge in [-0.2, -0.15) is 5.10 Å². The van der Waals surface area contributed by atoms with Crippen molar-refractivity contribution in [2.45, 2.75) is 53.2 Å². The fraction of sp³-hybridized carbons (Fsp3) is 0.571. The molecule has 2 aromatic heterocycles. The average molecular weight is 278 g/mol. The van der Waals surface area contributed by atoms with E-state index in [4.69, 9.17) is 0 Å². The number of nitrogens with zero attached hydrogens (tertiary/aromatic N) is 3. The van der Waals surface area contributed by atoms with E-state index < -0.39 is 0 Å². The van der Waals surface area contributed by atoms with Gasteiger partial charge >= 0.3 is 0 Å². The molecule has 0 spiro atoms. The minimum absolute atomic E-state index is 0.126. The summed E-state index contributed by atoms with van der Waals surface area (Å²) in [7, 11) is 0. The van der Waals surface area contributed by atoms with Gasteiger partial charge in [0.15, 0.2) is 0 Å². The molecule has 0 aliphatic carbocycles. The predicted molar refractivity (Wildman–Crippen MR) is 79.5 cm³/mol. The molecule has 4 nitrogen and oxygen atoms in total. The van der Waals surface area contributed by atoms with E-state index in [1.807, 2.05) is 17.8 Å². The molecule has 104 valence electrons. The average Bonchev–Trinajstić information content (AvgIpc) is 2.85. The maximum atomic E-state index is 4.48. The van der Waals surface area contributed by atoms with Crippen molar-refractivity contribution in [2.75, 3.05) is 0 Å². The van der Waals surface area contributed by atoms with E-state index in [1.165, 1.54) is 11.3 Å². The normalized spacial score (nSPS) is 12.1. The lowest BCUT2D eigenvalue weighted by Gasteiger charge is -2.20. The van der Waals surface area contributed by atoms with Crippen molar-refractivity contribution in [3.05, 3.63) is 33.5 Å². The summed E-state index contributed by atoms with van der Waals surface area (Å²) in [6.45, 7) is 12.3. The Hall–Kier alpha value is -1.20. The highest BCUT2D eigenvalue weighted by molar-refractivity contribution is 7.09. The molecule has 0 saturated heterocycles. The van der Waals surface area contributed by atoms with Crippen molar-refractivity contribution in [3.63, 3.8) is 0 Å². The molecule has 0 amide bonds. The van der Waals surface area contributed by atoms with Gasteiger partial charge in [-0.15, -0.1) is 11.3 Å². The second kappa shape index (κ2) is 5.43. The van der Waals surface area contributed by atoms with Crippen molar-refractivity contribution in [1.82, 2.24) is 20.1 Å². The highest BCUT2D eigenvalue weighted by atomic mass is 32.1. The molecule has 2 rings (SSSR count). The molecule has 0 saturated carbocycles. The standard InChI is InChI=1S/C14H22N4S/c1-10-12(6-15-14(3,4)5)7-16-18(10)8-13-9-19-11(2)17-13/h7,9,15H,6,8H2,1-5H3. The summed E-state index contributed by atoms with van der Waals surface area (Å²) in [5, 5.41) is 11.2. The molecule has 0 aliphatic rings. The first-order chi connectivity index (χ1) is 8.85. The van der Waals surface area contributed by atoms with Crippen molar-refractivity contribution in [3.8, 4) is 0 Å². The number of hydrogen-bond donors (Lipinski definition) is 1. The molecule has 0 fully saturated rings. The number of nitrogens with one attached hydrogen (secondary N) is 1. The Morgan fingerprint density at radius 1 is 1.32 bits per heavy atom. The highest BCUT2D eigenvalue weighted by Crippen LogP contribution is 2.13. The molecule has 0 unspecified atom stereocenters. The second-order valence-electron chi connectivity index (χ2n) is 5.87. The number of rotatable bonds is 4. The van der Waals surface area contributed by atoms with Crippen LogP contribution in [0.15, 0.2) is 11.6 Å². The smallest absolute Gasteiger partial charge is 0.0898 e. The van der Waals surface area contributed by atoms with Crippen LogP contribution in [0.25, 0.3) is 0 Å². The van der Waals surface area contributed by atoms with Gasteiger partial charge in [-0.25, -0.2) is 4.98 Å². The van der Waals surface area contributed by atoms with Gasteiger partial charge in [-0.1, -0.05) is 0 Å². The van der Waals surface area contributed by atoms with Crippen LogP contribution in [-0.4, -0.2) is 20.3 Å². The third-order valence-corrected chi connectivity index (χ3v) is 3.81. The summed E-state index contributed by atoms with van der Waals surface area (Å²) in [5.74, 6) is 0. The van der Waals surface area contributed by atoms with Crippen LogP contribution in [0, 0.1) is 13.8 Å². The molecule has 0 bridgehead atoms. The van der Waals surface area contributed by atoms with Gasteiger partial charge in [0.25, 0.3) is 0 Å². The van der Waals surface area contributed by atoms with Crippen molar-refractivity contribution in [2.24, 2.45) is 0 Å². The Morgan fingerprint density at radius 2 is 2.05 bits per heavy atom. The fourth-order valence-corrected chi connectivity index (χ4v) is 2.42. The van der Waals surface area contributed by atoms with Crippen LogP contribution in [0.1, 0.15) is 42.7 Å². The van der Waals surface area contributed by atoms with E-state index in [2.05, 4.69) is 48.5 Å². The van der Waals surface area contributed by atoms with Crippen LogP contribution in [-0.2, 0) is 13.1 Å². The van der Waals surface area contributed by atoms with Crippen LogP contribution >= 0.6 is 11.3 Å². The molecular weight excluding hydrogens is 256 g/mol. The minimum Gasteiger partial charge on any atom is -0.308 e. The van der Waals surface area contributed by atoms with Gasteiger partial charge in [0.1, 0.15) is 0 Å². The van der Waals surface area contributed by atoms with E-state index in [0.717, 1.165) is 23.8 Å². The van der Waals surface area contributed by atoms with Gasteiger partial charge < -0.3 is 5.32 Å². The van der Waals surface area contributed by atoms with Gasteiger partial charge in [0.05, 0.1) is 23.4 Å². The van der Waals surface area contributed by atoms with Crippen molar-refractivity contribution >= 4 is 11.3 Å². The molecular formula is C14H22N4S. The van der Waals surface area contributed by atoms with Crippen LogP contribution in [0.2, 0.25) is 0 Å². The maximum absolute atomic E-state index is 4.48. The molecule has 0 aliphatic heterocycles. The van der Waals surface area contributed by atoms with E-state index in [0.29, 0.717) is 0 Å². The molecule has 1 N–H and O–H groups in total. The number of hydrogen-bond acceptors (Lipinski definition) is 4. The summed E-state index contributed by atoms with van der Waals surface area (Å²) in [6, 6.07) is 0. The predicted octanol–water partition coefficient (Wildman–Crippen LogP) is 2.89. The molecule has 5 heteroatoms. The summed E-state index contributed by atoms with van der Waals surface area (Å²) >= 11 is 1.69. The summed E-state index contributed by atoms with van der Waals surface area (Å²) in [6.07, 6.45) is 1.95. The van der Waals surface area contributed by atoms with Crippen LogP contribution in [0.4, 0.5) is 0 Å². The van der Waals surface area contributed by atoms with E-state index in [-0.39, 0.29) is 5.54 Å². The Kier molecular flexibility index (Phi) is 4.06. The van der Waals surface area contributed by atoms with Crippen LogP contribution < -0.4 is 5.32 Å². The molecule has 19 heavy (non-hydrogen) atoms. The lowest BCUT2D eigenvalue weighted by atomic mass is 10.1. The van der Waals surface area contributed by atoms with E-state index >= 15 is 0 Å². The Bertz CT molecular complexity index is 548. The summed E-state index contributed by atoms with van der Waals surface area (Å²) < 4.78 is 2.02. The third-order valence-electron chi connectivity index (χ3n) is 2.99. The van der Waals surface area contributed by atoms with Crippen LogP contribution in [0.3, 0.4) is 0 Å². The Morgan fingerprint density at radius 3 is 2.63 bits per heavy atom. The summed E-state index contributed by atoms with van der Waals surface area (Å²) in [5.41, 5.74) is 3.67. The van der Waals surface area contributed by atoms with E-state index in [1.54, 1.807) is 11.3 Å². The fourth-order valence-electron chi connectivity index (χ4n) is 1.81. The van der Waals surface area contributed by atoms with Crippen LogP contribution in [0.5, 0.6) is 0 Å². The van der Waals surface area contributed by atoms with Crippen molar-refractivity contribution in [1.29, 1.82) is 0 Å². The molecule has 2 aromatic rings. The van der Waals surface area contributed by atoms with E-state index in [9.17, 15) is 0 Å².